The summed E-state index contributed by atoms with van der Waals surface area (Å²) < 4.78 is 0. The maximum absolute atomic E-state index is 11.1. The highest BCUT2D eigenvalue weighted by molar-refractivity contribution is 5.72. The molecule has 1 aliphatic carbocycles. The molecule has 0 bridgehead atoms. The summed E-state index contributed by atoms with van der Waals surface area (Å²) in [6.07, 6.45) is 4.07. The van der Waals surface area contributed by atoms with Gasteiger partial charge in [-0.1, -0.05) is 12.8 Å². The second-order valence-corrected chi connectivity index (χ2v) is 2.88. The summed E-state index contributed by atoms with van der Waals surface area (Å²) in [6, 6.07) is 1.83. The SMILES string of the molecule is N#CCNOC(=O)C1CCCC1. The van der Waals surface area contributed by atoms with Crippen molar-refractivity contribution in [3.63, 3.8) is 0 Å². The minimum Gasteiger partial charge on any atom is -0.369 e. The van der Waals surface area contributed by atoms with E-state index in [1.54, 1.807) is 0 Å². The molecule has 66 valence electrons. The van der Waals surface area contributed by atoms with Gasteiger partial charge in [-0.25, -0.2) is 0 Å². The van der Waals surface area contributed by atoms with E-state index < -0.39 is 0 Å². The molecule has 12 heavy (non-hydrogen) atoms. The van der Waals surface area contributed by atoms with Gasteiger partial charge in [-0.2, -0.15) is 5.26 Å². The smallest absolute Gasteiger partial charge is 0.327 e. The van der Waals surface area contributed by atoms with Gasteiger partial charge in [0, 0.05) is 0 Å². The average molecular weight is 168 g/mol. The maximum atomic E-state index is 11.1. The first kappa shape index (κ1) is 9.01. The van der Waals surface area contributed by atoms with Gasteiger partial charge >= 0.3 is 5.97 Å². The second kappa shape index (κ2) is 4.73. The lowest BCUT2D eigenvalue weighted by Gasteiger charge is -2.06. The van der Waals surface area contributed by atoms with Crippen LogP contribution in [0.4, 0.5) is 0 Å². The van der Waals surface area contributed by atoms with Gasteiger partial charge in [-0.05, 0) is 12.8 Å². The predicted molar refractivity (Wildman–Crippen MR) is 41.7 cm³/mol. The Balaban J connectivity index is 2.15. The fourth-order valence-corrected chi connectivity index (χ4v) is 1.38. The molecule has 4 nitrogen and oxygen atoms in total. The van der Waals surface area contributed by atoms with Crippen LogP contribution in [0.15, 0.2) is 0 Å². The molecule has 1 saturated carbocycles. The van der Waals surface area contributed by atoms with Crippen LogP contribution in [0.3, 0.4) is 0 Å². The summed E-state index contributed by atoms with van der Waals surface area (Å²) in [5.41, 5.74) is 2.30. The average Bonchev–Trinajstić information content (AvgIpc) is 2.56. The van der Waals surface area contributed by atoms with Crippen LogP contribution in [0.1, 0.15) is 25.7 Å². The molecule has 0 aromatic heterocycles. The standard InChI is InChI=1S/C8H12N2O2/c9-5-6-10-12-8(11)7-3-1-2-4-7/h7,10H,1-4,6H2. The number of hydrogen-bond donors (Lipinski definition) is 1. The first-order chi connectivity index (χ1) is 5.84. The van der Waals surface area contributed by atoms with Crippen molar-refractivity contribution in [1.29, 1.82) is 5.26 Å². The number of carbonyl (C=O) groups excluding carboxylic acids is 1. The van der Waals surface area contributed by atoms with Gasteiger partial charge < -0.3 is 4.84 Å². The molecule has 0 spiro atoms. The Kier molecular flexibility index (Phi) is 3.55. The Bertz CT molecular complexity index is 192. The molecule has 0 aromatic carbocycles. The van der Waals surface area contributed by atoms with E-state index in [1.165, 1.54) is 0 Å². The molecule has 1 N–H and O–H groups in total. The third-order valence-corrected chi connectivity index (χ3v) is 2.01. The monoisotopic (exact) mass is 168 g/mol. The third-order valence-electron chi connectivity index (χ3n) is 2.01. The Labute approximate surface area is 71.5 Å². The molecule has 0 saturated heterocycles. The fraction of sp³-hybridized carbons (Fsp3) is 0.750. The molecule has 4 heteroatoms. The van der Waals surface area contributed by atoms with Crippen molar-refractivity contribution < 1.29 is 9.63 Å². The van der Waals surface area contributed by atoms with Crippen LogP contribution in [-0.2, 0) is 9.63 Å². The summed E-state index contributed by atoms with van der Waals surface area (Å²) in [5, 5.41) is 8.14. The van der Waals surface area contributed by atoms with Crippen molar-refractivity contribution in [2.45, 2.75) is 25.7 Å². The summed E-state index contributed by atoms with van der Waals surface area (Å²) in [4.78, 5) is 15.8. The predicted octanol–water partition coefficient (Wildman–Crippen LogP) is 0.748. The van der Waals surface area contributed by atoms with Crippen LogP contribution in [-0.4, -0.2) is 12.5 Å². The van der Waals surface area contributed by atoms with Gasteiger partial charge in [0.2, 0.25) is 0 Å². The summed E-state index contributed by atoms with van der Waals surface area (Å²) in [7, 11) is 0. The highest BCUT2D eigenvalue weighted by Gasteiger charge is 2.23. The Morgan fingerprint density at radius 3 is 2.83 bits per heavy atom. The van der Waals surface area contributed by atoms with E-state index in [-0.39, 0.29) is 18.4 Å². The normalized spacial score (nSPS) is 17.2. The molecule has 1 fully saturated rings. The quantitative estimate of drug-likeness (QED) is 0.383. The van der Waals surface area contributed by atoms with Crippen LogP contribution in [0.2, 0.25) is 0 Å². The van der Waals surface area contributed by atoms with Gasteiger partial charge in [-0.15, -0.1) is 5.48 Å². The lowest BCUT2D eigenvalue weighted by molar-refractivity contribution is -0.155. The molecule has 0 heterocycles. The molecular formula is C8H12N2O2. The number of carbonyl (C=O) groups is 1. The van der Waals surface area contributed by atoms with Crippen LogP contribution in [0.5, 0.6) is 0 Å². The van der Waals surface area contributed by atoms with Crippen LogP contribution < -0.4 is 5.48 Å². The molecule has 0 atom stereocenters. The van der Waals surface area contributed by atoms with Crippen molar-refractivity contribution in [2.24, 2.45) is 5.92 Å². The number of rotatable bonds is 3. The van der Waals surface area contributed by atoms with Crippen LogP contribution >= 0.6 is 0 Å². The zero-order valence-electron chi connectivity index (χ0n) is 6.88. The molecule has 0 aliphatic heterocycles. The number of nitriles is 1. The number of hydroxylamine groups is 1. The number of nitrogens with zero attached hydrogens (tertiary/aromatic N) is 1. The molecule has 1 aliphatic rings. The number of hydrogen-bond acceptors (Lipinski definition) is 4. The van der Waals surface area contributed by atoms with E-state index in [0.29, 0.717) is 0 Å². The lowest BCUT2D eigenvalue weighted by atomic mass is 10.1. The van der Waals surface area contributed by atoms with Crippen molar-refractivity contribution in [2.75, 3.05) is 6.54 Å². The summed E-state index contributed by atoms with van der Waals surface area (Å²) in [5.74, 6) is -0.168. The first-order valence-electron chi connectivity index (χ1n) is 4.15. The fourth-order valence-electron chi connectivity index (χ4n) is 1.38. The van der Waals surface area contributed by atoms with Crippen molar-refractivity contribution >= 4 is 5.97 Å². The van der Waals surface area contributed by atoms with Crippen LogP contribution in [0, 0.1) is 17.2 Å². The van der Waals surface area contributed by atoms with E-state index in [1.807, 2.05) is 6.07 Å². The molecule has 0 amide bonds. The number of nitrogens with one attached hydrogen (secondary N) is 1. The topological polar surface area (TPSA) is 62.1 Å². The summed E-state index contributed by atoms with van der Waals surface area (Å²) in [6.45, 7) is 0.0540. The van der Waals surface area contributed by atoms with E-state index >= 15 is 0 Å². The van der Waals surface area contributed by atoms with Gasteiger partial charge in [0.05, 0.1) is 12.0 Å². The Hall–Kier alpha value is -1.08. The minimum atomic E-state index is -0.220. The molecule has 0 unspecified atom stereocenters. The zero-order valence-corrected chi connectivity index (χ0v) is 6.88. The zero-order chi connectivity index (χ0) is 8.81. The van der Waals surface area contributed by atoms with E-state index in [4.69, 9.17) is 5.26 Å². The first-order valence-corrected chi connectivity index (χ1v) is 4.15. The molecule has 0 aromatic rings. The highest BCUT2D eigenvalue weighted by atomic mass is 16.7. The molecule has 1 rings (SSSR count). The summed E-state index contributed by atoms with van der Waals surface area (Å²) >= 11 is 0. The van der Waals surface area contributed by atoms with Crippen molar-refractivity contribution in [3.05, 3.63) is 0 Å². The lowest BCUT2D eigenvalue weighted by Crippen LogP contribution is -2.24. The largest absolute Gasteiger partial charge is 0.369 e. The third kappa shape index (κ3) is 2.51. The van der Waals surface area contributed by atoms with E-state index in [9.17, 15) is 4.79 Å². The molecule has 0 radical (unpaired) electrons. The Morgan fingerprint density at radius 2 is 2.25 bits per heavy atom. The molecular weight excluding hydrogens is 156 g/mol. The van der Waals surface area contributed by atoms with Gasteiger partial charge in [0.25, 0.3) is 0 Å². The van der Waals surface area contributed by atoms with Crippen LogP contribution in [0.25, 0.3) is 0 Å². The minimum absolute atomic E-state index is 0.0520. The van der Waals surface area contributed by atoms with Gasteiger partial charge in [-0.3, -0.25) is 4.79 Å². The van der Waals surface area contributed by atoms with Crippen molar-refractivity contribution in [1.82, 2.24) is 5.48 Å². The second-order valence-electron chi connectivity index (χ2n) is 2.88. The van der Waals surface area contributed by atoms with E-state index in [2.05, 4.69) is 10.3 Å². The Morgan fingerprint density at radius 1 is 1.58 bits per heavy atom. The van der Waals surface area contributed by atoms with Gasteiger partial charge in [0.15, 0.2) is 0 Å². The van der Waals surface area contributed by atoms with Crippen molar-refractivity contribution in [3.8, 4) is 6.07 Å². The maximum Gasteiger partial charge on any atom is 0.327 e. The van der Waals surface area contributed by atoms with E-state index in [0.717, 1.165) is 25.7 Å². The van der Waals surface area contributed by atoms with Gasteiger partial charge in [0.1, 0.15) is 6.54 Å². The highest BCUT2D eigenvalue weighted by Crippen LogP contribution is 2.25.